The fraction of sp³-hybridized carbons (Fsp3) is 0.357. The van der Waals surface area contributed by atoms with Crippen LogP contribution in [0.4, 0.5) is 0 Å². The number of ether oxygens (including phenoxy) is 1. The maximum absolute atomic E-state index is 11.6. The van der Waals surface area contributed by atoms with Gasteiger partial charge in [0.05, 0.1) is 0 Å². The Hall–Kier alpha value is -2.37. The van der Waals surface area contributed by atoms with E-state index in [0.717, 1.165) is 11.8 Å². The molecule has 1 atom stereocenters. The van der Waals surface area contributed by atoms with Crippen LogP contribution in [-0.4, -0.2) is 34.6 Å². The molecular formula is C14H18N2O4. The van der Waals surface area contributed by atoms with E-state index in [2.05, 4.69) is 10.3 Å². The second-order valence-electron chi connectivity index (χ2n) is 4.16. The SMILES string of the molecule is CCNC(=O)C(C)Oc1ccc(C)nc1C=CC(=O)O. The molecule has 1 aromatic rings. The Labute approximate surface area is 117 Å². The molecule has 0 radical (unpaired) electrons. The van der Waals surface area contributed by atoms with Crippen molar-refractivity contribution in [2.24, 2.45) is 0 Å². The van der Waals surface area contributed by atoms with Crippen LogP contribution in [0.25, 0.3) is 6.08 Å². The lowest BCUT2D eigenvalue weighted by Gasteiger charge is -2.15. The highest BCUT2D eigenvalue weighted by atomic mass is 16.5. The first kappa shape index (κ1) is 15.7. The van der Waals surface area contributed by atoms with Crippen molar-refractivity contribution in [3.63, 3.8) is 0 Å². The molecular weight excluding hydrogens is 260 g/mol. The average molecular weight is 278 g/mol. The minimum Gasteiger partial charge on any atom is -0.479 e. The highest BCUT2D eigenvalue weighted by molar-refractivity contribution is 5.85. The number of rotatable bonds is 6. The molecule has 20 heavy (non-hydrogen) atoms. The minimum atomic E-state index is -1.07. The normalized spacial score (nSPS) is 12.2. The third-order valence-corrected chi connectivity index (χ3v) is 2.43. The molecule has 0 fully saturated rings. The fourth-order valence-corrected chi connectivity index (χ4v) is 1.50. The standard InChI is InChI=1S/C14H18N2O4/c1-4-15-14(19)10(3)20-12-7-5-9(2)16-11(12)6-8-13(17)18/h5-8,10H,4H2,1-3H3,(H,15,19)(H,17,18). The molecule has 1 aromatic heterocycles. The van der Waals surface area contributed by atoms with Crippen molar-refractivity contribution in [2.45, 2.75) is 26.9 Å². The van der Waals surface area contributed by atoms with Gasteiger partial charge in [0.25, 0.3) is 5.91 Å². The number of aromatic nitrogens is 1. The zero-order valence-corrected chi connectivity index (χ0v) is 11.7. The molecule has 2 N–H and O–H groups in total. The van der Waals surface area contributed by atoms with Gasteiger partial charge in [0.15, 0.2) is 6.10 Å². The molecule has 0 aliphatic heterocycles. The predicted octanol–water partition coefficient (Wildman–Crippen LogP) is 1.39. The number of carbonyl (C=O) groups is 2. The molecule has 0 aromatic carbocycles. The molecule has 0 aliphatic carbocycles. The van der Waals surface area contributed by atoms with E-state index in [0.29, 0.717) is 18.0 Å². The van der Waals surface area contributed by atoms with E-state index in [-0.39, 0.29) is 5.91 Å². The third kappa shape index (κ3) is 4.72. The monoisotopic (exact) mass is 278 g/mol. The number of nitrogens with one attached hydrogen (secondary N) is 1. The van der Waals surface area contributed by atoms with Gasteiger partial charge in [0.1, 0.15) is 11.4 Å². The third-order valence-electron chi connectivity index (χ3n) is 2.43. The zero-order valence-electron chi connectivity index (χ0n) is 11.7. The molecule has 6 heteroatoms. The topological polar surface area (TPSA) is 88.5 Å². The van der Waals surface area contributed by atoms with E-state index in [1.807, 2.05) is 6.92 Å². The molecule has 1 amide bonds. The number of aliphatic carboxylic acids is 1. The van der Waals surface area contributed by atoms with Crippen LogP contribution < -0.4 is 10.1 Å². The van der Waals surface area contributed by atoms with Crippen molar-refractivity contribution < 1.29 is 19.4 Å². The smallest absolute Gasteiger partial charge is 0.328 e. The Morgan fingerprint density at radius 2 is 2.20 bits per heavy atom. The van der Waals surface area contributed by atoms with Gasteiger partial charge < -0.3 is 15.2 Å². The highest BCUT2D eigenvalue weighted by Crippen LogP contribution is 2.20. The van der Waals surface area contributed by atoms with Crippen molar-refractivity contribution in [3.05, 3.63) is 29.6 Å². The van der Waals surface area contributed by atoms with E-state index in [1.165, 1.54) is 6.08 Å². The van der Waals surface area contributed by atoms with Gasteiger partial charge >= 0.3 is 5.97 Å². The summed E-state index contributed by atoms with van der Waals surface area (Å²) < 4.78 is 5.53. The molecule has 1 rings (SSSR count). The number of carboxylic acid groups (broad SMARTS) is 1. The van der Waals surface area contributed by atoms with E-state index in [1.54, 1.807) is 26.0 Å². The lowest BCUT2D eigenvalue weighted by Crippen LogP contribution is -2.36. The summed E-state index contributed by atoms with van der Waals surface area (Å²) in [5, 5.41) is 11.3. The Kier molecular flexibility index (Phi) is 5.71. The number of likely N-dealkylation sites (N-methyl/N-ethyl adjacent to an activating group) is 1. The molecule has 0 saturated heterocycles. The Balaban J connectivity index is 2.94. The molecule has 0 spiro atoms. The van der Waals surface area contributed by atoms with Crippen molar-refractivity contribution in [2.75, 3.05) is 6.54 Å². The van der Waals surface area contributed by atoms with Gasteiger partial charge in [-0.05, 0) is 39.0 Å². The fourth-order valence-electron chi connectivity index (χ4n) is 1.50. The van der Waals surface area contributed by atoms with Gasteiger partial charge in [0.2, 0.25) is 0 Å². The Bertz CT molecular complexity index is 526. The molecule has 0 bridgehead atoms. The van der Waals surface area contributed by atoms with Crippen LogP contribution in [0.1, 0.15) is 25.2 Å². The summed E-state index contributed by atoms with van der Waals surface area (Å²) >= 11 is 0. The molecule has 0 aliphatic rings. The van der Waals surface area contributed by atoms with Gasteiger partial charge in [-0.25, -0.2) is 9.78 Å². The Morgan fingerprint density at radius 3 is 2.80 bits per heavy atom. The summed E-state index contributed by atoms with van der Waals surface area (Å²) in [5.74, 6) is -0.941. The number of aryl methyl sites for hydroxylation is 1. The van der Waals surface area contributed by atoms with Crippen LogP contribution in [0.2, 0.25) is 0 Å². The van der Waals surface area contributed by atoms with E-state index in [4.69, 9.17) is 9.84 Å². The molecule has 1 unspecified atom stereocenters. The second kappa shape index (κ2) is 7.28. The summed E-state index contributed by atoms with van der Waals surface area (Å²) in [6.07, 6.45) is 1.64. The number of amides is 1. The van der Waals surface area contributed by atoms with Crippen LogP contribution in [0.3, 0.4) is 0 Å². The van der Waals surface area contributed by atoms with Gasteiger partial charge in [0, 0.05) is 18.3 Å². The van der Waals surface area contributed by atoms with Crippen molar-refractivity contribution in [3.8, 4) is 5.75 Å². The Morgan fingerprint density at radius 1 is 1.50 bits per heavy atom. The summed E-state index contributed by atoms with van der Waals surface area (Å²) in [4.78, 5) is 26.4. The van der Waals surface area contributed by atoms with Crippen molar-refractivity contribution in [1.82, 2.24) is 10.3 Å². The maximum atomic E-state index is 11.6. The zero-order chi connectivity index (χ0) is 15.1. The molecule has 1 heterocycles. The quantitative estimate of drug-likeness (QED) is 0.768. The van der Waals surface area contributed by atoms with Gasteiger partial charge in [-0.1, -0.05) is 0 Å². The first-order chi connectivity index (χ1) is 9.43. The number of hydrogen-bond acceptors (Lipinski definition) is 4. The van der Waals surface area contributed by atoms with E-state index < -0.39 is 12.1 Å². The van der Waals surface area contributed by atoms with Gasteiger partial charge in [-0.2, -0.15) is 0 Å². The predicted molar refractivity (Wildman–Crippen MR) is 74.4 cm³/mol. The summed E-state index contributed by atoms with van der Waals surface area (Å²) in [6.45, 7) is 5.74. The first-order valence-corrected chi connectivity index (χ1v) is 6.27. The van der Waals surface area contributed by atoms with Crippen LogP contribution in [0, 0.1) is 6.92 Å². The first-order valence-electron chi connectivity index (χ1n) is 6.27. The number of carboxylic acids is 1. The van der Waals surface area contributed by atoms with E-state index in [9.17, 15) is 9.59 Å². The molecule has 6 nitrogen and oxygen atoms in total. The number of carbonyl (C=O) groups excluding carboxylic acids is 1. The van der Waals surface area contributed by atoms with Crippen molar-refractivity contribution >= 4 is 18.0 Å². The van der Waals surface area contributed by atoms with Crippen LogP contribution in [-0.2, 0) is 9.59 Å². The van der Waals surface area contributed by atoms with E-state index >= 15 is 0 Å². The van der Waals surface area contributed by atoms with Gasteiger partial charge in [-0.3, -0.25) is 4.79 Å². The number of hydrogen-bond donors (Lipinski definition) is 2. The average Bonchev–Trinajstić information content (AvgIpc) is 2.39. The highest BCUT2D eigenvalue weighted by Gasteiger charge is 2.15. The van der Waals surface area contributed by atoms with Crippen molar-refractivity contribution in [1.29, 1.82) is 0 Å². The largest absolute Gasteiger partial charge is 0.479 e. The van der Waals surface area contributed by atoms with Gasteiger partial charge in [-0.15, -0.1) is 0 Å². The lowest BCUT2D eigenvalue weighted by atomic mass is 10.2. The minimum absolute atomic E-state index is 0.235. The van der Waals surface area contributed by atoms with Crippen LogP contribution >= 0.6 is 0 Å². The second-order valence-corrected chi connectivity index (χ2v) is 4.16. The summed E-state index contributed by atoms with van der Waals surface area (Å²) in [6, 6.07) is 3.40. The summed E-state index contributed by atoms with van der Waals surface area (Å²) in [5.41, 5.74) is 1.11. The van der Waals surface area contributed by atoms with Crippen LogP contribution in [0.5, 0.6) is 5.75 Å². The summed E-state index contributed by atoms with van der Waals surface area (Å²) in [7, 11) is 0. The molecule has 108 valence electrons. The van der Waals surface area contributed by atoms with Crippen LogP contribution in [0.15, 0.2) is 18.2 Å². The number of nitrogens with zero attached hydrogens (tertiary/aromatic N) is 1. The lowest BCUT2D eigenvalue weighted by molar-refractivity contribution is -0.131. The molecule has 0 saturated carbocycles. The maximum Gasteiger partial charge on any atom is 0.328 e. The number of pyridine rings is 1.